The minimum Gasteiger partial charge on any atom is -0.370 e. The highest BCUT2D eigenvalue weighted by Crippen LogP contribution is 2.30. The Morgan fingerprint density at radius 1 is 1.04 bits per heavy atom. The molecular weight excluding hydrogens is 300 g/mol. The van der Waals surface area contributed by atoms with Gasteiger partial charge in [-0.15, -0.1) is 0 Å². The Morgan fingerprint density at radius 3 is 2.54 bits per heavy atom. The maximum absolute atomic E-state index is 6.17. The first-order valence-electron chi connectivity index (χ1n) is 9.75. The average Bonchev–Trinajstić information content (AvgIpc) is 3.13. The normalized spacial score (nSPS) is 30.6. The second kappa shape index (κ2) is 8.08. The van der Waals surface area contributed by atoms with Crippen LogP contribution in [0.3, 0.4) is 0 Å². The lowest BCUT2D eigenvalue weighted by Gasteiger charge is -2.33. The highest BCUT2D eigenvalue weighted by atomic mass is 15.3. The van der Waals surface area contributed by atoms with Crippen LogP contribution in [0.1, 0.15) is 51.9 Å². The molecule has 0 saturated heterocycles. The van der Waals surface area contributed by atoms with Gasteiger partial charge in [0.1, 0.15) is 0 Å². The molecule has 2 heterocycles. The highest BCUT2D eigenvalue weighted by Gasteiger charge is 2.29. The van der Waals surface area contributed by atoms with Gasteiger partial charge in [0, 0.05) is 19.6 Å². The minimum absolute atomic E-state index is 0.508. The third-order valence-electron chi connectivity index (χ3n) is 5.97. The summed E-state index contributed by atoms with van der Waals surface area (Å²) in [5, 5.41) is 0. The largest absolute Gasteiger partial charge is 0.370 e. The quantitative estimate of drug-likeness (QED) is 0.693. The standard InChI is InChI=1S/C18H34N6/c1-14-5-7-15(8-6-14)13-24-16(12-22-18(24)20)4-2-3-10-23-11-9-21-17(23)19/h14-16H,2-13H2,1H3,(H2,19,21)(H2,20,22)/t14?,15?,16-/m0/s1. The Morgan fingerprint density at radius 2 is 1.83 bits per heavy atom. The summed E-state index contributed by atoms with van der Waals surface area (Å²) in [6, 6.07) is 0.508. The molecule has 0 aromatic rings. The minimum atomic E-state index is 0.508. The van der Waals surface area contributed by atoms with E-state index in [4.69, 9.17) is 11.5 Å². The summed E-state index contributed by atoms with van der Waals surface area (Å²) in [6.45, 7) is 7.23. The lowest BCUT2D eigenvalue weighted by Crippen LogP contribution is -2.44. The molecule has 6 nitrogen and oxygen atoms in total. The number of unbranched alkanes of at least 4 members (excludes halogenated alkanes) is 1. The smallest absolute Gasteiger partial charge is 0.191 e. The van der Waals surface area contributed by atoms with Gasteiger partial charge in [0.05, 0.1) is 19.1 Å². The summed E-state index contributed by atoms with van der Waals surface area (Å²) in [6.07, 6.45) is 9.00. The molecule has 0 amide bonds. The number of guanidine groups is 2. The van der Waals surface area contributed by atoms with Crippen LogP contribution in [0.15, 0.2) is 9.98 Å². The number of nitrogens with two attached hydrogens (primary N) is 2. The van der Waals surface area contributed by atoms with E-state index in [0.717, 1.165) is 56.5 Å². The molecule has 0 aromatic carbocycles. The molecule has 1 fully saturated rings. The van der Waals surface area contributed by atoms with E-state index in [0.29, 0.717) is 6.04 Å². The van der Waals surface area contributed by atoms with E-state index in [-0.39, 0.29) is 0 Å². The Hall–Kier alpha value is -1.46. The first kappa shape index (κ1) is 17.4. The van der Waals surface area contributed by atoms with E-state index >= 15 is 0 Å². The van der Waals surface area contributed by atoms with Gasteiger partial charge < -0.3 is 21.3 Å². The fourth-order valence-electron chi connectivity index (χ4n) is 4.26. The molecule has 0 radical (unpaired) electrons. The van der Waals surface area contributed by atoms with Crippen LogP contribution in [0.4, 0.5) is 0 Å². The Bertz CT molecular complexity index is 466. The van der Waals surface area contributed by atoms with Crippen LogP contribution in [0.2, 0.25) is 0 Å². The summed E-state index contributed by atoms with van der Waals surface area (Å²) in [5.74, 6) is 3.20. The number of aliphatic imine (C=N–C) groups is 2. The first-order chi connectivity index (χ1) is 11.6. The van der Waals surface area contributed by atoms with Gasteiger partial charge in [-0.25, -0.2) is 0 Å². The molecule has 0 unspecified atom stereocenters. The van der Waals surface area contributed by atoms with Crippen LogP contribution in [-0.2, 0) is 0 Å². The maximum atomic E-state index is 6.17. The highest BCUT2D eigenvalue weighted by molar-refractivity contribution is 5.80. The summed E-state index contributed by atoms with van der Waals surface area (Å²) in [5.41, 5.74) is 12.0. The van der Waals surface area contributed by atoms with Crippen molar-refractivity contribution < 1.29 is 0 Å². The van der Waals surface area contributed by atoms with Crippen molar-refractivity contribution in [2.75, 3.05) is 32.7 Å². The van der Waals surface area contributed by atoms with Crippen molar-refractivity contribution >= 4 is 11.9 Å². The third-order valence-corrected chi connectivity index (χ3v) is 5.97. The summed E-state index contributed by atoms with van der Waals surface area (Å²) in [4.78, 5) is 13.4. The zero-order valence-electron chi connectivity index (χ0n) is 15.2. The topological polar surface area (TPSA) is 83.2 Å². The molecule has 1 aliphatic carbocycles. The van der Waals surface area contributed by atoms with Gasteiger partial charge in [-0.3, -0.25) is 9.98 Å². The molecule has 136 valence electrons. The summed E-state index contributed by atoms with van der Waals surface area (Å²) >= 11 is 0. The molecule has 2 aliphatic heterocycles. The van der Waals surface area contributed by atoms with Crippen molar-refractivity contribution in [2.45, 2.75) is 57.9 Å². The molecule has 0 bridgehead atoms. The van der Waals surface area contributed by atoms with Crippen molar-refractivity contribution in [3.05, 3.63) is 0 Å². The number of hydrogen-bond acceptors (Lipinski definition) is 6. The van der Waals surface area contributed by atoms with Crippen LogP contribution < -0.4 is 11.5 Å². The molecule has 1 saturated carbocycles. The van der Waals surface area contributed by atoms with Gasteiger partial charge in [0.15, 0.2) is 11.9 Å². The zero-order valence-corrected chi connectivity index (χ0v) is 15.2. The number of rotatable bonds is 7. The van der Waals surface area contributed by atoms with Crippen LogP contribution >= 0.6 is 0 Å². The van der Waals surface area contributed by atoms with Crippen LogP contribution in [0.25, 0.3) is 0 Å². The van der Waals surface area contributed by atoms with Crippen LogP contribution in [0.5, 0.6) is 0 Å². The Kier molecular flexibility index (Phi) is 5.85. The van der Waals surface area contributed by atoms with Gasteiger partial charge in [-0.1, -0.05) is 19.8 Å². The second-order valence-corrected chi connectivity index (χ2v) is 7.85. The SMILES string of the molecule is CC1CCC(CN2C(N)=NC[C@@H]2CCCCN2CCN=C2N)CC1. The molecule has 3 aliphatic rings. The molecule has 3 rings (SSSR count). The van der Waals surface area contributed by atoms with Crippen LogP contribution in [-0.4, -0.2) is 60.5 Å². The summed E-state index contributed by atoms with van der Waals surface area (Å²) < 4.78 is 0. The molecule has 4 N–H and O–H groups in total. The zero-order chi connectivity index (χ0) is 16.9. The van der Waals surface area contributed by atoms with Gasteiger partial charge >= 0.3 is 0 Å². The van der Waals surface area contributed by atoms with Crippen molar-refractivity contribution in [3.63, 3.8) is 0 Å². The fourth-order valence-corrected chi connectivity index (χ4v) is 4.26. The van der Waals surface area contributed by atoms with Crippen molar-refractivity contribution in [2.24, 2.45) is 33.3 Å². The van der Waals surface area contributed by atoms with Crippen molar-refractivity contribution in [1.82, 2.24) is 9.80 Å². The second-order valence-electron chi connectivity index (χ2n) is 7.85. The van der Waals surface area contributed by atoms with E-state index in [2.05, 4.69) is 26.7 Å². The third kappa shape index (κ3) is 4.33. The number of hydrogen-bond donors (Lipinski definition) is 2. The first-order valence-corrected chi connectivity index (χ1v) is 9.75. The van der Waals surface area contributed by atoms with E-state index in [1.807, 2.05) is 0 Å². The van der Waals surface area contributed by atoms with E-state index in [1.54, 1.807) is 0 Å². The molecule has 0 spiro atoms. The van der Waals surface area contributed by atoms with Gasteiger partial charge in [0.25, 0.3) is 0 Å². The fraction of sp³-hybridized carbons (Fsp3) is 0.889. The van der Waals surface area contributed by atoms with Gasteiger partial charge in [-0.05, 0) is 43.9 Å². The number of nitrogens with zero attached hydrogens (tertiary/aromatic N) is 4. The Labute approximate surface area is 146 Å². The summed E-state index contributed by atoms with van der Waals surface area (Å²) in [7, 11) is 0. The van der Waals surface area contributed by atoms with E-state index in [9.17, 15) is 0 Å². The molecular formula is C18H34N6. The van der Waals surface area contributed by atoms with E-state index in [1.165, 1.54) is 44.9 Å². The lowest BCUT2D eigenvalue weighted by atomic mass is 9.82. The molecule has 24 heavy (non-hydrogen) atoms. The average molecular weight is 335 g/mol. The van der Waals surface area contributed by atoms with Crippen molar-refractivity contribution in [1.29, 1.82) is 0 Å². The van der Waals surface area contributed by atoms with Gasteiger partial charge in [0.2, 0.25) is 0 Å². The predicted molar refractivity (Wildman–Crippen MR) is 100 cm³/mol. The van der Waals surface area contributed by atoms with Crippen molar-refractivity contribution in [3.8, 4) is 0 Å². The lowest BCUT2D eigenvalue weighted by molar-refractivity contribution is 0.211. The molecule has 6 heteroatoms. The van der Waals surface area contributed by atoms with Gasteiger partial charge in [-0.2, -0.15) is 0 Å². The predicted octanol–water partition coefficient (Wildman–Crippen LogP) is 1.61. The Balaban J connectivity index is 1.39. The molecule has 0 aromatic heterocycles. The monoisotopic (exact) mass is 334 g/mol. The van der Waals surface area contributed by atoms with E-state index < -0.39 is 0 Å². The maximum Gasteiger partial charge on any atom is 0.191 e. The molecule has 1 atom stereocenters. The van der Waals surface area contributed by atoms with Crippen LogP contribution in [0, 0.1) is 11.8 Å².